The Balaban J connectivity index is 1.52. The molecule has 2 N–H and O–H groups in total. The molecule has 5 heteroatoms. The van der Waals surface area contributed by atoms with Gasteiger partial charge in [0.1, 0.15) is 5.82 Å². The maximum Gasteiger partial charge on any atom is 0.306 e. The number of aromatic nitrogens is 1. The molecule has 1 aliphatic heterocycles. The van der Waals surface area contributed by atoms with Gasteiger partial charge in [-0.1, -0.05) is 0 Å². The molecule has 22 heavy (non-hydrogen) atoms. The molecule has 0 aromatic carbocycles. The molecule has 1 aromatic rings. The third-order valence-corrected chi connectivity index (χ3v) is 4.88. The maximum atomic E-state index is 11.0. The lowest BCUT2D eigenvalue weighted by molar-refractivity contribution is -0.142. The number of carboxylic acid groups (broad SMARTS) is 1. The smallest absolute Gasteiger partial charge is 0.306 e. The first-order valence-corrected chi connectivity index (χ1v) is 8.43. The lowest BCUT2D eigenvalue weighted by Crippen LogP contribution is -2.30. The molecular weight excluding hydrogens is 278 g/mol. The van der Waals surface area contributed by atoms with Crippen LogP contribution in [0.4, 0.5) is 11.5 Å². The van der Waals surface area contributed by atoms with Gasteiger partial charge in [-0.05, 0) is 57.1 Å². The Bertz CT molecular complexity index is 489. The summed E-state index contributed by atoms with van der Waals surface area (Å²) in [5, 5.41) is 12.5. The summed E-state index contributed by atoms with van der Waals surface area (Å²) in [6, 6.07) is 4.56. The molecule has 1 saturated heterocycles. The van der Waals surface area contributed by atoms with Crippen molar-refractivity contribution in [2.75, 3.05) is 23.3 Å². The maximum absolute atomic E-state index is 11.0. The van der Waals surface area contributed by atoms with Crippen molar-refractivity contribution in [3.63, 3.8) is 0 Å². The van der Waals surface area contributed by atoms with Crippen molar-refractivity contribution < 1.29 is 9.90 Å². The average molecular weight is 303 g/mol. The summed E-state index contributed by atoms with van der Waals surface area (Å²) < 4.78 is 0. The monoisotopic (exact) mass is 303 g/mol. The summed E-state index contributed by atoms with van der Waals surface area (Å²) in [6.07, 6.45) is 9.14. The van der Waals surface area contributed by atoms with E-state index in [-0.39, 0.29) is 5.92 Å². The third kappa shape index (κ3) is 3.70. The van der Waals surface area contributed by atoms with Crippen LogP contribution in [0, 0.1) is 5.92 Å². The summed E-state index contributed by atoms with van der Waals surface area (Å²) in [5.74, 6) is 0.267. The standard InChI is InChI=1S/C17H25N3O2/c21-17(22)13-4-6-14(7-5-13)19-15-8-9-16(18-12-15)20-10-2-1-3-11-20/h8-9,12-14,19H,1-7,10-11H2,(H,21,22). The highest BCUT2D eigenvalue weighted by molar-refractivity contribution is 5.70. The van der Waals surface area contributed by atoms with Gasteiger partial charge in [0, 0.05) is 19.1 Å². The van der Waals surface area contributed by atoms with Crippen LogP contribution >= 0.6 is 0 Å². The van der Waals surface area contributed by atoms with Crippen LogP contribution < -0.4 is 10.2 Å². The van der Waals surface area contributed by atoms with Crippen molar-refractivity contribution >= 4 is 17.5 Å². The van der Waals surface area contributed by atoms with Crippen LogP contribution in [0.3, 0.4) is 0 Å². The van der Waals surface area contributed by atoms with Gasteiger partial charge in [-0.3, -0.25) is 4.79 Å². The van der Waals surface area contributed by atoms with E-state index >= 15 is 0 Å². The van der Waals surface area contributed by atoms with Gasteiger partial charge in [0.25, 0.3) is 0 Å². The van der Waals surface area contributed by atoms with Crippen LogP contribution in [0.1, 0.15) is 44.9 Å². The zero-order valence-corrected chi connectivity index (χ0v) is 13.0. The van der Waals surface area contributed by atoms with Crippen LogP contribution in [-0.4, -0.2) is 35.2 Å². The molecule has 0 bridgehead atoms. The summed E-state index contributed by atoms with van der Waals surface area (Å²) in [5.41, 5.74) is 1.04. The number of carboxylic acids is 1. The molecule has 120 valence electrons. The van der Waals surface area contributed by atoms with Gasteiger partial charge < -0.3 is 15.3 Å². The van der Waals surface area contributed by atoms with Crippen LogP contribution in [0.15, 0.2) is 18.3 Å². The zero-order valence-electron chi connectivity index (χ0n) is 13.0. The second-order valence-corrected chi connectivity index (χ2v) is 6.48. The normalized spacial score (nSPS) is 25.7. The molecule has 2 aliphatic rings. The number of anilines is 2. The number of carbonyl (C=O) groups is 1. The first-order chi connectivity index (χ1) is 10.7. The van der Waals surface area contributed by atoms with Crippen LogP contribution in [0.25, 0.3) is 0 Å². The van der Waals surface area contributed by atoms with Crippen molar-refractivity contribution in [3.05, 3.63) is 18.3 Å². The van der Waals surface area contributed by atoms with E-state index in [1.165, 1.54) is 19.3 Å². The van der Waals surface area contributed by atoms with E-state index in [0.29, 0.717) is 6.04 Å². The molecule has 3 rings (SSSR count). The lowest BCUT2D eigenvalue weighted by Gasteiger charge is -2.29. The number of hydrogen-bond donors (Lipinski definition) is 2. The van der Waals surface area contributed by atoms with Crippen LogP contribution in [0.2, 0.25) is 0 Å². The molecule has 0 atom stereocenters. The Morgan fingerprint density at radius 3 is 2.45 bits per heavy atom. The average Bonchev–Trinajstić information content (AvgIpc) is 2.57. The topological polar surface area (TPSA) is 65.5 Å². The van der Waals surface area contributed by atoms with Crippen molar-refractivity contribution in [2.24, 2.45) is 5.92 Å². The minimum Gasteiger partial charge on any atom is -0.481 e. The van der Waals surface area contributed by atoms with Crippen LogP contribution in [-0.2, 0) is 4.79 Å². The largest absolute Gasteiger partial charge is 0.481 e. The second-order valence-electron chi connectivity index (χ2n) is 6.48. The van der Waals surface area contributed by atoms with E-state index in [1.807, 2.05) is 6.20 Å². The summed E-state index contributed by atoms with van der Waals surface area (Å²) >= 11 is 0. The van der Waals surface area contributed by atoms with E-state index in [4.69, 9.17) is 5.11 Å². The van der Waals surface area contributed by atoms with Gasteiger partial charge in [-0.25, -0.2) is 4.98 Å². The fourth-order valence-electron chi connectivity index (χ4n) is 3.50. The quantitative estimate of drug-likeness (QED) is 0.894. The summed E-state index contributed by atoms with van der Waals surface area (Å²) in [7, 11) is 0. The van der Waals surface area contributed by atoms with E-state index in [2.05, 4.69) is 27.3 Å². The van der Waals surface area contributed by atoms with E-state index in [9.17, 15) is 4.79 Å². The Morgan fingerprint density at radius 1 is 1.14 bits per heavy atom. The zero-order chi connectivity index (χ0) is 15.4. The van der Waals surface area contributed by atoms with Crippen molar-refractivity contribution in [1.82, 2.24) is 4.98 Å². The Labute approximate surface area is 131 Å². The van der Waals surface area contributed by atoms with Crippen molar-refractivity contribution in [1.29, 1.82) is 0 Å². The molecule has 1 aromatic heterocycles. The van der Waals surface area contributed by atoms with E-state index < -0.39 is 5.97 Å². The molecule has 0 spiro atoms. The molecule has 2 heterocycles. The Morgan fingerprint density at radius 2 is 1.86 bits per heavy atom. The van der Waals surface area contributed by atoms with E-state index in [1.54, 1.807) is 0 Å². The predicted molar refractivity (Wildman–Crippen MR) is 87.3 cm³/mol. The number of hydrogen-bond acceptors (Lipinski definition) is 4. The summed E-state index contributed by atoms with van der Waals surface area (Å²) in [4.78, 5) is 17.9. The molecule has 0 radical (unpaired) electrons. The molecule has 2 fully saturated rings. The molecule has 5 nitrogen and oxygen atoms in total. The number of nitrogens with one attached hydrogen (secondary N) is 1. The number of rotatable bonds is 4. The first-order valence-electron chi connectivity index (χ1n) is 8.43. The fourth-order valence-corrected chi connectivity index (χ4v) is 3.50. The van der Waals surface area contributed by atoms with Gasteiger partial charge in [-0.2, -0.15) is 0 Å². The molecular formula is C17H25N3O2. The fraction of sp³-hybridized carbons (Fsp3) is 0.647. The number of piperidine rings is 1. The van der Waals surface area contributed by atoms with Gasteiger partial charge in [0.15, 0.2) is 0 Å². The number of aliphatic carboxylic acids is 1. The molecule has 0 amide bonds. The number of pyridine rings is 1. The Hall–Kier alpha value is -1.78. The lowest BCUT2D eigenvalue weighted by atomic mass is 9.86. The summed E-state index contributed by atoms with van der Waals surface area (Å²) in [6.45, 7) is 2.22. The highest BCUT2D eigenvalue weighted by atomic mass is 16.4. The number of nitrogens with zero attached hydrogens (tertiary/aromatic N) is 2. The third-order valence-electron chi connectivity index (χ3n) is 4.88. The van der Waals surface area contributed by atoms with Gasteiger partial charge in [0.2, 0.25) is 0 Å². The highest BCUT2D eigenvalue weighted by Gasteiger charge is 2.25. The van der Waals surface area contributed by atoms with Crippen molar-refractivity contribution in [2.45, 2.75) is 51.0 Å². The van der Waals surface area contributed by atoms with Gasteiger partial charge in [0.05, 0.1) is 17.8 Å². The van der Waals surface area contributed by atoms with E-state index in [0.717, 1.165) is 50.3 Å². The second kappa shape index (κ2) is 6.99. The SMILES string of the molecule is O=C(O)C1CCC(Nc2ccc(N3CCCCC3)nc2)CC1. The van der Waals surface area contributed by atoms with Crippen molar-refractivity contribution in [3.8, 4) is 0 Å². The Kier molecular flexibility index (Phi) is 4.80. The molecule has 0 unspecified atom stereocenters. The first kappa shape index (κ1) is 15.1. The minimum absolute atomic E-state index is 0.155. The highest BCUT2D eigenvalue weighted by Crippen LogP contribution is 2.27. The van der Waals surface area contributed by atoms with Gasteiger partial charge in [-0.15, -0.1) is 0 Å². The predicted octanol–water partition coefficient (Wildman–Crippen LogP) is 3.13. The molecule has 1 saturated carbocycles. The van der Waals surface area contributed by atoms with Gasteiger partial charge >= 0.3 is 5.97 Å². The van der Waals surface area contributed by atoms with Crippen LogP contribution in [0.5, 0.6) is 0 Å². The molecule has 1 aliphatic carbocycles. The minimum atomic E-state index is -0.647.